The van der Waals surface area contributed by atoms with Gasteiger partial charge in [0, 0.05) is 22.7 Å². The minimum atomic E-state index is -0.690. The van der Waals surface area contributed by atoms with E-state index in [2.05, 4.69) is 0 Å². The van der Waals surface area contributed by atoms with Crippen molar-refractivity contribution < 1.29 is 5.11 Å². The van der Waals surface area contributed by atoms with Gasteiger partial charge in [0.25, 0.3) is 0 Å². The van der Waals surface area contributed by atoms with E-state index in [4.69, 9.17) is 17.2 Å². The maximum atomic E-state index is 9.81. The van der Waals surface area contributed by atoms with Gasteiger partial charge < -0.3 is 27.2 Å². The number of rotatable bonds is 4. The summed E-state index contributed by atoms with van der Waals surface area (Å²) in [7, 11) is 0. The molecule has 0 aliphatic carbocycles. The first kappa shape index (κ1) is 14.2. The molecule has 0 saturated carbocycles. The van der Waals surface area contributed by atoms with E-state index in [0.29, 0.717) is 11.4 Å². The Morgan fingerprint density at radius 2 is 1.20 bits per heavy atom. The van der Waals surface area contributed by atoms with Crippen LogP contribution in [0.25, 0.3) is 0 Å². The van der Waals surface area contributed by atoms with Gasteiger partial charge in [0.15, 0.2) is 0 Å². The molecule has 0 amide bonds. The van der Waals surface area contributed by atoms with Gasteiger partial charge in [0.1, 0.15) is 6.17 Å². The lowest BCUT2D eigenvalue weighted by Gasteiger charge is -2.33. The summed E-state index contributed by atoms with van der Waals surface area (Å²) in [6.07, 6.45) is -1.26. The maximum absolute atomic E-state index is 9.81. The van der Waals surface area contributed by atoms with Crippen molar-refractivity contribution in [3.8, 4) is 0 Å². The fourth-order valence-corrected chi connectivity index (χ4v) is 1.98. The van der Waals surface area contributed by atoms with Crippen molar-refractivity contribution in [2.75, 3.05) is 16.4 Å². The van der Waals surface area contributed by atoms with Crippen molar-refractivity contribution in [2.24, 2.45) is 5.73 Å². The summed E-state index contributed by atoms with van der Waals surface area (Å²) < 4.78 is 0. The summed E-state index contributed by atoms with van der Waals surface area (Å²) >= 11 is 0. The second-order valence-corrected chi connectivity index (χ2v) is 4.78. The maximum Gasteiger partial charge on any atom is 0.108 e. The molecular weight excluding hydrogens is 252 g/mol. The summed E-state index contributed by atoms with van der Waals surface area (Å²) in [5.74, 6) is 0. The lowest BCUT2D eigenvalue weighted by molar-refractivity contribution is 0.165. The first-order chi connectivity index (χ1) is 9.49. The van der Waals surface area contributed by atoms with Crippen LogP contribution in [0.4, 0.5) is 22.7 Å². The molecule has 0 spiro atoms. The van der Waals surface area contributed by atoms with E-state index in [1.165, 1.54) is 0 Å². The van der Waals surface area contributed by atoms with E-state index in [1.54, 1.807) is 31.2 Å². The smallest absolute Gasteiger partial charge is 0.108 e. The fraction of sp³-hybridized carbons (Fsp3) is 0.200. The van der Waals surface area contributed by atoms with Gasteiger partial charge in [-0.05, 0) is 55.5 Å². The van der Waals surface area contributed by atoms with Crippen LogP contribution in [0, 0.1) is 0 Å². The molecule has 2 atom stereocenters. The van der Waals surface area contributed by atoms with Gasteiger partial charge in [0.05, 0.1) is 6.10 Å². The van der Waals surface area contributed by atoms with Crippen LogP contribution in [-0.2, 0) is 0 Å². The van der Waals surface area contributed by atoms with E-state index in [0.717, 1.165) is 11.4 Å². The monoisotopic (exact) mass is 272 g/mol. The van der Waals surface area contributed by atoms with Crippen molar-refractivity contribution >= 4 is 22.7 Å². The van der Waals surface area contributed by atoms with Gasteiger partial charge in [-0.15, -0.1) is 0 Å². The number of nitrogens with two attached hydrogens (primary N) is 3. The molecular formula is C15H20N4O. The normalized spacial score (nSPS) is 13.8. The highest BCUT2D eigenvalue weighted by atomic mass is 16.3. The molecule has 2 aromatic rings. The Labute approximate surface area is 118 Å². The summed E-state index contributed by atoms with van der Waals surface area (Å²) in [6.45, 7) is 1.66. The molecule has 7 N–H and O–H groups in total. The third-order valence-corrected chi connectivity index (χ3v) is 3.13. The Balaban J connectivity index is 2.44. The number of nitrogens with zero attached hydrogens (tertiary/aromatic N) is 1. The van der Waals surface area contributed by atoms with E-state index < -0.39 is 12.3 Å². The summed E-state index contributed by atoms with van der Waals surface area (Å²) in [6, 6.07) is 14.7. The highest BCUT2D eigenvalue weighted by Crippen LogP contribution is 2.28. The predicted molar refractivity (Wildman–Crippen MR) is 83.5 cm³/mol. The fourth-order valence-electron chi connectivity index (χ4n) is 1.98. The van der Waals surface area contributed by atoms with E-state index in [9.17, 15) is 5.11 Å². The van der Waals surface area contributed by atoms with Gasteiger partial charge >= 0.3 is 0 Å². The van der Waals surface area contributed by atoms with Crippen LogP contribution in [0.5, 0.6) is 0 Å². The molecule has 5 heteroatoms. The SMILES string of the molecule is CC(O)C(N)N(c1ccc(N)cc1)c1ccc(N)cc1. The van der Waals surface area contributed by atoms with Gasteiger partial charge in [-0.3, -0.25) is 0 Å². The van der Waals surface area contributed by atoms with Crippen LogP contribution in [0.1, 0.15) is 6.92 Å². The lowest BCUT2D eigenvalue weighted by atomic mass is 10.1. The number of hydrogen-bond donors (Lipinski definition) is 4. The zero-order chi connectivity index (χ0) is 14.7. The highest BCUT2D eigenvalue weighted by Gasteiger charge is 2.21. The van der Waals surface area contributed by atoms with E-state index >= 15 is 0 Å². The van der Waals surface area contributed by atoms with Crippen LogP contribution in [0.3, 0.4) is 0 Å². The first-order valence-electron chi connectivity index (χ1n) is 6.43. The van der Waals surface area contributed by atoms with Crippen LogP contribution in [0.2, 0.25) is 0 Å². The largest absolute Gasteiger partial charge is 0.399 e. The van der Waals surface area contributed by atoms with Crippen LogP contribution >= 0.6 is 0 Å². The molecule has 0 aliphatic heterocycles. The quantitative estimate of drug-likeness (QED) is 0.501. The van der Waals surface area contributed by atoms with Crippen molar-refractivity contribution in [1.29, 1.82) is 0 Å². The minimum absolute atomic E-state index is 0.567. The average molecular weight is 272 g/mol. The van der Waals surface area contributed by atoms with Crippen LogP contribution in [0.15, 0.2) is 48.5 Å². The number of aliphatic hydroxyl groups is 1. The lowest BCUT2D eigenvalue weighted by Crippen LogP contribution is -2.46. The van der Waals surface area contributed by atoms with Gasteiger partial charge in [-0.2, -0.15) is 0 Å². The van der Waals surface area contributed by atoms with Crippen molar-refractivity contribution in [1.82, 2.24) is 0 Å². The number of hydrogen-bond acceptors (Lipinski definition) is 5. The zero-order valence-electron chi connectivity index (χ0n) is 11.4. The highest BCUT2D eigenvalue weighted by molar-refractivity contribution is 5.67. The standard InChI is InChI=1S/C15H20N4O/c1-10(20)15(18)19(13-6-2-11(16)3-7-13)14-8-4-12(17)5-9-14/h2-10,15,20H,16-18H2,1H3. The molecule has 2 rings (SSSR count). The number of nitrogen functional groups attached to an aromatic ring is 2. The number of aliphatic hydroxyl groups excluding tert-OH is 1. The Kier molecular flexibility index (Phi) is 4.12. The molecule has 2 aromatic carbocycles. The first-order valence-corrected chi connectivity index (χ1v) is 6.43. The van der Waals surface area contributed by atoms with Gasteiger partial charge in [-0.1, -0.05) is 0 Å². The zero-order valence-corrected chi connectivity index (χ0v) is 11.4. The van der Waals surface area contributed by atoms with E-state index in [-0.39, 0.29) is 0 Å². The van der Waals surface area contributed by atoms with Crippen LogP contribution in [-0.4, -0.2) is 17.4 Å². The Morgan fingerprint density at radius 3 is 1.50 bits per heavy atom. The second kappa shape index (κ2) is 5.81. The molecule has 0 radical (unpaired) electrons. The molecule has 0 saturated heterocycles. The molecule has 2 unspecified atom stereocenters. The summed E-state index contributed by atoms with van der Waals surface area (Å²) in [5.41, 5.74) is 20.6. The van der Waals surface area contributed by atoms with E-state index in [1.807, 2.05) is 29.2 Å². The predicted octanol–water partition coefficient (Wildman–Crippen LogP) is 1.65. The van der Waals surface area contributed by atoms with Crippen molar-refractivity contribution in [3.05, 3.63) is 48.5 Å². The Hall–Kier alpha value is -2.24. The topological polar surface area (TPSA) is 102 Å². The molecule has 0 fully saturated rings. The summed E-state index contributed by atoms with van der Waals surface area (Å²) in [5, 5.41) is 9.81. The molecule has 0 heterocycles. The van der Waals surface area contributed by atoms with Crippen molar-refractivity contribution in [3.63, 3.8) is 0 Å². The Morgan fingerprint density at radius 1 is 0.850 bits per heavy atom. The number of anilines is 4. The minimum Gasteiger partial charge on any atom is -0.399 e. The van der Waals surface area contributed by atoms with Crippen LogP contribution < -0.4 is 22.1 Å². The van der Waals surface area contributed by atoms with Gasteiger partial charge in [0.2, 0.25) is 0 Å². The average Bonchev–Trinajstić information content (AvgIpc) is 2.43. The van der Waals surface area contributed by atoms with Crippen molar-refractivity contribution in [2.45, 2.75) is 19.2 Å². The number of benzene rings is 2. The Bertz CT molecular complexity index is 506. The summed E-state index contributed by atoms with van der Waals surface area (Å²) in [4.78, 5) is 1.85. The molecule has 0 bridgehead atoms. The molecule has 106 valence electrons. The van der Waals surface area contributed by atoms with Gasteiger partial charge in [-0.25, -0.2) is 0 Å². The second-order valence-electron chi connectivity index (χ2n) is 4.78. The molecule has 0 aliphatic rings. The molecule has 20 heavy (non-hydrogen) atoms. The molecule has 0 aromatic heterocycles. The third kappa shape index (κ3) is 3.01. The molecule has 5 nitrogen and oxygen atoms in total. The third-order valence-electron chi connectivity index (χ3n) is 3.13.